The molecule has 1 unspecified atom stereocenters. The monoisotopic (exact) mass is 265 g/mol. The highest BCUT2D eigenvalue weighted by molar-refractivity contribution is 5.34. The average Bonchev–Trinajstić information content (AvgIpc) is 2.52. The summed E-state index contributed by atoms with van der Waals surface area (Å²) in [5.41, 5.74) is 4.19. The van der Waals surface area contributed by atoms with E-state index in [1.807, 2.05) is 36.5 Å². The Morgan fingerprint density at radius 1 is 1.30 bits per heavy atom. The van der Waals surface area contributed by atoms with Crippen LogP contribution in [0, 0.1) is 11.3 Å². The van der Waals surface area contributed by atoms with Crippen LogP contribution in [0.5, 0.6) is 0 Å². The van der Waals surface area contributed by atoms with Crippen LogP contribution in [0.1, 0.15) is 42.3 Å². The van der Waals surface area contributed by atoms with Crippen LogP contribution in [0.2, 0.25) is 0 Å². The van der Waals surface area contributed by atoms with E-state index < -0.39 is 0 Å². The summed E-state index contributed by atoms with van der Waals surface area (Å²) < 4.78 is 0. The highest BCUT2D eigenvalue weighted by Gasteiger charge is 2.07. The van der Waals surface area contributed by atoms with E-state index in [1.54, 1.807) is 0 Å². The maximum atomic E-state index is 8.94. The molecule has 1 aromatic carbocycles. The van der Waals surface area contributed by atoms with E-state index in [1.165, 1.54) is 5.56 Å². The summed E-state index contributed by atoms with van der Waals surface area (Å²) in [4.78, 5) is 4.43. The largest absolute Gasteiger partial charge is 0.305 e. The molecule has 0 radical (unpaired) electrons. The van der Waals surface area contributed by atoms with E-state index >= 15 is 0 Å². The Hall–Kier alpha value is -2.18. The van der Waals surface area contributed by atoms with Gasteiger partial charge in [-0.1, -0.05) is 25.1 Å². The van der Waals surface area contributed by atoms with Crippen molar-refractivity contribution < 1.29 is 0 Å². The molecule has 1 atom stereocenters. The number of nitrogens with zero attached hydrogens (tertiary/aromatic N) is 2. The van der Waals surface area contributed by atoms with E-state index in [-0.39, 0.29) is 6.04 Å². The SMILES string of the molecule is CCc1cccnc1CNC(C)c1cccc(C#N)c1. The van der Waals surface area contributed by atoms with Crippen molar-refractivity contribution in [2.24, 2.45) is 0 Å². The Kier molecular flexibility index (Phi) is 4.86. The number of hydrogen-bond acceptors (Lipinski definition) is 3. The molecule has 3 nitrogen and oxygen atoms in total. The maximum Gasteiger partial charge on any atom is 0.0991 e. The van der Waals surface area contributed by atoms with Gasteiger partial charge in [0.05, 0.1) is 17.3 Å². The van der Waals surface area contributed by atoms with Crippen molar-refractivity contribution in [3.8, 4) is 6.07 Å². The van der Waals surface area contributed by atoms with Gasteiger partial charge in [-0.2, -0.15) is 5.26 Å². The minimum atomic E-state index is 0.190. The first kappa shape index (κ1) is 14.2. The van der Waals surface area contributed by atoms with Crippen molar-refractivity contribution in [1.29, 1.82) is 5.26 Å². The van der Waals surface area contributed by atoms with Crippen molar-refractivity contribution in [2.45, 2.75) is 32.9 Å². The Balaban J connectivity index is 2.05. The Morgan fingerprint density at radius 3 is 2.90 bits per heavy atom. The van der Waals surface area contributed by atoms with Gasteiger partial charge in [-0.05, 0) is 42.7 Å². The smallest absolute Gasteiger partial charge is 0.0991 e. The third-order valence-electron chi connectivity index (χ3n) is 3.46. The summed E-state index contributed by atoms with van der Waals surface area (Å²) in [6, 6.07) is 14.2. The highest BCUT2D eigenvalue weighted by atomic mass is 14.9. The molecule has 102 valence electrons. The molecule has 1 aromatic heterocycles. The van der Waals surface area contributed by atoms with E-state index in [9.17, 15) is 0 Å². The van der Waals surface area contributed by atoms with E-state index in [0.29, 0.717) is 5.56 Å². The van der Waals surface area contributed by atoms with Crippen molar-refractivity contribution in [3.05, 3.63) is 65.0 Å². The molecule has 0 spiro atoms. The van der Waals surface area contributed by atoms with Gasteiger partial charge < -0.3 is 5.32 Å². The molecule has 3 heteroatoms. The zero-order valence-electron chi connectivity index (χ0n) is 11.9. The molecule has 2 rings (SSSR count). The van der Waals surface area contributed by atoms with Gasteiger partial charge in [0.15, 0.2) is 0 Å². The van der Waals surface area contributed by atoms with Gasteiger partial charge in [-0.3, -0.25) is 4.98 Å². The molecule has 0 amide bonds. The average molecular weight is 265 g/mol. The number of aryl methyl sites for hydroxylation is 1. The second-order valence-electron chi connectivity index (χ2n) is 4.80. The molecule has 2 aromatic rings. The zero-order chi connectivity index (χ0) is 14.4. The summed E-state index contributed by atoms with van der Waals surface area (Å²) >= 11 is 0. The third kappa shape index (κ3) is 3.43. The van der Waals surface area contributed by atoms with Crippen LogP contribution in [-0.4, -0.2) is 4.98 Å². The van der Waals surface area contributed by atoms with Crippen LogP contribution in [0.3, 0.4) is 0 Å². The number of benzene rings is 1. The maximum absolute atomic E-state index is 8.94. The molecular weight excluding hydrogens is 246 g/mol. The standard InChI is InChI=1S/C17H19N3/c1-3-15-8-5-9-19-17(15)12-20-13(2)16-7-4-6-14(10-16)11-18/h4-10,13,20H,3,12H2,1-2H3. The Bertz CT molecular complexity index is 614. The topological polar surface area (TPSA) is 48.7 Å². The number of rotatable bonds is 5. The lowest BCUT2D eigenvalue weighted by Gasteiger charge is -2.15. The Labute approximate surface area is 120 Å². The second kappa shape index (κ2) is 6.83. The van der Waals surface area contributed by atoms with Gasteiger partial charge in [-0.15, -0.1) is 0 Å². The molecule has 0 saturated carbocycles. The number of nitriles is 1. The van der Waals surface area contributed by atoms with Crippen LogP contribution in [0.15, 0.2) is 42.6 Å². The molecular formula is C17H19N3. The third-order valence-corrected chi connectivity index (χ3v) is 3.46. The van der Waals surface area contributed by atoms with Crippen LogP contribution in [0.4, 0.5) is 0 Å². The predicted octanol–water partition coefficient (Wildman–Crippen LogP) is 3.37. The van der Waals surface area contributed by atoms with E-state index in [4.69, 9.17) is 5.26 Å². The summed E-state index contributed by atoms with van der Waals surface area (Å²) in [6.07, 6.45) is 2.82. The molecule has 1 N–H and O–H groups in total. The fourth-order valence-electron chi connectivity index (χ4n) is 2.20. The number of aromatic nitrogens is 1. The normalized spacial score (nSPS) is 11.8. The van der Waals surface area contributed by atoms with Crippen LogP contribution >= 0.6 is 0 Å². The van der Waals surface area contributed by atoms with Crippen LogP contribution < -0.4 is 5.32 Å². The lowest BCUT2D eigenvalue weighted by Crippen LogP contribution is -2.19. The first-order valence-corrected chi connectivity index (χ1v) is 6.90. The van der Waals surface area contributed by atoms with Gasteiger partial charge >= 0.3 is 0 Å². The van der Waals surface area contributed by atoms with Crippen molar-refractivity contribution in [2.75, 3.05) is 0 Å². The van der Waals surface area contributed by atoms with Gasteiger partial charge in [-0.25, -0.2) is 0 Å². The molecule has 0 saturated heterocycles. The van der Waals surface area contributed by atoms with Gasteiger partial charge in [0.2, 0.25) is 0 Å². The fourth-order valence-corrected chi connectivity index (χ4v) is 2.20. The molecule has 0 bridgehead atoms. The van der Waals surface area contributed by atoms with Gasteiger partial charge in [0.1, 0.15) is 0 Å². The van der Waals surface area contributed by atoms with Crippen molar-refractivity contribution >= 4 is 0 Å². The van der Waals surface area contributed by atoms with Crippen LogP contribution in [-0.2, 0) is 13.0 Å². The fraction of sp³-hybridized carbons (Fsp3) is 0.294. The number of pyridine rings is 1. The minimum absolute atomic E-state index is 0.190. The van der Waals surface area contributed by atoms with Gasteiger partial charge in [0, 0.05) is 18.8 Å². The molecule has 0 aliphatic heterocycles. The predicted molar refractivity (Wildman–Crippen MR) is 80.0 cm³/mol. The van der Waals surface area contributed by atoms with Gasteiger partial charge in [0.25, 0.3) is 0 Å². The van der Waals surface area contributed by atoms with E-state index in [2.05, 4.69) is 36.3 Å². The van der Waals surface area contributed by atoms with Crippen molar-refractivity contribution in [1.82, 2.24) is 10.3 Å². The summed E-state index contributed by atoms with van der Waals surface area (Å²) in [5, 5.41) is 12.4. The van der Waals surface area contributed by atoms with Crippen LogP contribution in [0.25, 0.3) is 0 Å². The zero-order valence-corrected chi connectivity index (χ0v) is 11.9. The molecule has 1 heterocycles. The molecule has 0 aliphatic rings. The second-order valence-corrected chi connectivity index (χ2v) is 4.80. The summed E-state index contributed by atoms with van der Waals surface area (Å²) in [7, 11) is 0. The first-order chi connectivity index (χ1) is 9.74. The summed E-state index contributed by atoms with van der Waals surface area (Å²) in [5.74, 6) is 0. The molecule has 20 heavy (non-hydrogen) atoms. The van der Waals surface area contributed by atoms with E-state index in [0.717, 1.165) is 24.2 Å². The number of nitrogens with one attached hydrogen (secondary N) is 1. The quantitative estimate of drug-likeness (QED) is 0.901. The first-order valence-electron chi connectivity index (χ1n) is 6.90. The lowest BCUT2D eigenvalue weighted by atomic mass is 10.1. The summed E-state index contributed by atoms with van der Waals surface area (Å²) in [6.45, 7) is 4.98. The highest BCUT2D eigenvalue weighted by Crippen LogP contribution is 2.15. The number of hydrogen-bond donors (Lipinski definition) is 1. The molecule has 0 fully saturated rings. The lowest BCUT2D eigenvalue weighted by molar-refractivity contribution is 0.565. The van der Waals surface area contributed by atoms with Crippen molar-refractivity contribution in [3.63, 3.8) is 0 Å². The molecule has 0 aliphatic carbocycles. The Morgan fingerprint density at radius 2 is 2.15 bits per heavy atom. The minimum Gasteiger partial charge on any atom is -0.305 e.